The van der Waals surface area contributed by atoms with E-state index in [9.17, 15) is 0 Å². The first-order valence-corrected chi connectivity index (χ1v) is 22.3. The molecule has 320 valence electrons. The number of benzene rings is 5. The molecule has 7 aromatic rings. The van der Waals surface area contributed by atoms with Gasteiger partial charge in [-0.3, -0.25) is 4.57 Å². The predicted molar refractivity (Wildman–Crippen MR) is 264 cm³/mol. The number of allylic oxidation sites excluding steroid dienone is 1. The molecule has 0 atom stereocenters. The maximum atomic E-state index is 7.00. The van der Waals surface area contributed by atoms with Crippen molar-refractivity contribution in [2.45, 2.75) is 124 Å². The Bertz CT molecular complexity index is 2810. The van der Waals surface area contributed by atoms with Crippen molar-refractivity contribution in [1.29, 1.82) is 0 Å². The number of aromatic nitrogens is 2. The Labute approximate surface area is 371 Å². The van der Waals surface area contributed by atoms with E-state index >= 15 is 0 Å². The first-order valence-electron chi connectivity index (χ1n) is 22.3. The minimum atomic E-state index is -0.266. The molecule has 0 saturated carbocycles. The van der Waals surface area contributed by atoms with Gasteiger partial charge in [-0.15, -0.1) is 0 Å². The summed E-state index contributed by atoms with van der Waals surface area (Å²) in [5.41, 5.74) is 11.7. The van der Waals surface area contributed by atoms with E-state index < -0.39 is 0 Å². The molecule has 0 amide bonds. The Hall–Kier alpha value is -5.81. The van der Waals surface area contributed by atoms with E-state index in [0.717, 1.165) is 34.0 Å². The molecule has 0 aliphatic carbocycles. The number of pyridine rings is 1. The van der Waals surface area contributed by atoms with Gasteiger partial charge in [0.2, 0.25) is 0 Å². The van der Waals surface area contributed by atoms with Crippen LogP contribution in [0.4, 0.5) is 11.4 Å². The highest BCUT2D eigenvalue weighted by molar-refractivity contribution is 6.09. The van der Waals surface area contributed by atoms with E-state index in [0.29, 0.717) is 6.67 Å². The van der Waals surface area contributed by atoms with Crippen LogP contribution in [-0.2, 0) is 27.1 Å². The van der Waals surface area contributed by atoms with E-state index in [2.05, 4.69) is 239 Å². The summed E-state index contributed by atoms with van der Waals surface area (Å²) >= 11 is 0. The largest absolute Gasteiger partial charge is 0.457 e. The molecule has 5 heteroatoms. The zero-order valence-electron chi connectivity index (χ0n) is 39.6. The lowest BCUT2D eigenvalue weighted by atomic mass is 9.81. The average molecular weight is 823 g/mol. The van der Waals surface area contributed by atoms with Gasteiger partial charge in [-0.1, -0.05) is 145 Å². The van der Waals surface area contributed by atoms with E-state index in [1.807, 2.05) is 6.20 Å². The van der Waals surface area contributed by atoms with Gasteiger partial charge in [0.15, 0.2) is 0 Å². The van der Waals surface area contributed by atoms with Crippen LogP contribution < -0.4 is 14.5 Å². The minimum Gasteiger partial charge on any atom is -0.457 e. The smallest absolute Gasteiger partial charge is 0.137 e. The molecule has 8 rings (SSSR count). The van der Waals surface area contributed by atoms with E-state index in [4.69, 9.17) is 9.72 Å². The quantitative estimate of drug-likeness (QED) is 0.160. The Morgan fingerprint density at radius 2 is 1.10 bits per heavy atom. The Morgan fingerprint density at radius 1 is 0.468 bits per heavy atom. The molecule has 5 aromatic carbocycles. The number of fused-ring (bicyclic) bond motifs is 3. The number of hydrogen-bond acceptors (Lipinski definition) is 4. The highest BCUT2D eigenvalue weighted by atomic mass is 16.5. The van der Waals surface area contributed by atoms with Crippen molar-refractivity contribution in [3.63, 3.8) is 0 Å². The number of nitrogens with zero attached hydrogens (tertiary/aromatic N) is 4. The molecular formula is C57H66N4O. The molecule has 0 unspecified atom stereocenters. The van der Waals surface area contributed by atoms with Gasteiger partial charge in [-0.05, 0) is 110 Å². The van der Waals surface area contributed by atoms with Crippen LogP contribution in [0.5, 0.6) is 11.5 Å². The lowest BCUT2D eigenvalue weighted by Gasteiger charge is -2.34. The van der Waals surface area contributed by atoms with Gasteiger partial charge in [0.05, 0.1) is 17.7 Å². The van der Waals surface area contributed by atoms with Crippen molar-refractivity contribution < 1.29 is 4.74 Å². The summed E-state index contributed by atoms with van der Waals surface area (Å²) in [6, 6.07) is 44.5. The lowest BCUT2D eigenvalue weighted by Crippen LogP contribution is -2.34. The summed E-state index contributed by atoms with van der Waals surface area (Å²) in [4.78, 5) is 9.86. The normalized spacial score (nSPS) is 14.3. The van der Waals surface area contributed by atoms with E-state index in [-0.39, 0.29) is 27.1 Å². The van der Waals surface area contributed by atoms with Crippen molar-refractivity contribution in [3.8, 4) is 17.3 Å². The fourth-order valence-corrected chi connectivity index (χ4v) is 8.67. The predicted octanol–water partition coefficient (Wildman–Crippen LogP) is 15.3. The molecular weight excluding hydrogens is 757 g/mol. The Morgan fingerprint density at radius 3 is 1.77 bits per heavy atom. The first kappa shape index (κ1) is 42.9. The van der Waals surface area contributed by atoms with Crippen molar-refractivity contribution in [3.05, 3.63) is 167 Å². The molecule has 0 N–H and O–H groups in total. The number of ether oxygens (including phenoxy) is 1. The van der Waals surface area contributed by atoms with Crippen molar-refractivity contribution in [1.82, 2.24) is 9.55 Å². The summed E-state index contributed by atoms with van der Waals surface area (Å²) in [7, 11) is 0. The molecule has 62 heavy (non-hydrogen) atoms. The van der Waals surface area contributed by atoms with Gasteiger partial charge in [0, 0.05) is 57.8 Å². The minimum absolute atomic E-state index is 0.0158. The maximum Gasteiger partial charge on any atom is 0.137 e. The zero-order valence-corrected chi connectivity index (χ0v) is 39.6. The second kappa shape index (κ2) is 15.2. The fourth-order valence-electron chi connectivity index (χ4n) is 8.67. The molecule has 0 saturated heterocycles. The summed E-state index contributed by atoms with van der Waals surface area (Å²) in [5.74, 6) is 2.50. The second-order valence-corrected chi connectivity index (χ2v) is 22.1. The van der Waals surface area contributed by atoms with Crippen molar-refractivity contribution >= 4 is 33.2 Å². The summed E-state index contributed by atoms with van der Waals surface area (Å²) in [6.45, 7) is 32.6. The first-order chi connectivity index (χ1) is 29.0. The van der Waals surface area contributed by atoms with Gasteiger partial charge in [0.25, 0.3) is 0 Å². The van der Waals surface area contributed by atoms with Crippen LogP contribution in [0.15, 0.2) is 139 Å². The van der Waals surface area contributed by atoms with Crippen LogP contribution >= 0.6 is 0 Å². The standard InChI is InChI=1S/C57H66N4O/c1-53(2,3)39-21-18-22-43(29-39)60-37-59(36-51(60)57(13,14)38-19-16-15-17-20-38)44-30-42(56(10,11)12)31-46(34-44)62-45-24-25-47-48-32-40(54(4,5)6)23-26-49(48)61(50(47)35-45)52-33-41(27-28-58-52)55(7,8)9/h15-36H,37H2,1-14H3. The van der Waals surface area contributed by atoms with Gasteiger partial charge in [0.1, 0.15) is 17.3 Å². The van der Waals surface area contributed by atoms with Crippen molar-refractivity contribution in [2.75, 3.05) is 16.5 Å². The molecule has 0 fully saturated rings. The molecule has 3 heterocycles. The molecule has 0 radical (unpaired) electrons. The number of anilines is 2. The number of rotatable bonds is 7. The van der Waals surface area contributed by atoms with Gasteiger partial charge in [-0.25, -0.2) is 4.98 Å². The highest BCUT2D eigenvalue weighted by Crippen LogP contribution is 2.44. The van der Waals surface area contributed by atoms with Crippen LogP contribution in [-0.4, -0.2) is 16.2 Å². The summed E-state index contributed by atoms with van der Waals surface area (Å²) in [5, 5.41) is 2.39. The molecule has 1 aliphatic heterocycles. The van der Waals surface area contributed by atoms with Crippen LogP contribution in [0.1, 0.15) is 125 Å². The SMILES string of the molecule is CC(C)(C)c1cc(Oc2ccc3c4cc(C(C)(C)C)ccc4n(-c4cc(C(C)(C)C)ccn4)c3c2)cc(N2C=C(C(C)(C)c3ccccc3)N(c3cccc(C(C)(C)C)c3)C2)c1. The van der Waals surface area contributed by atoms with Gasteiger partial charge in [-0.2, -0.15) is 0 Å². The third kappa shape index (κ3) is 8.27. The Kier molecular flexibility index (Phi) is 10.5. The topological polar surface area (TPSA) is 33.5 Å². The fraction of sp³-hybridized carbons (Fsp3) is 0.351. The number of hydrogen-bond donors (Lipinski definition) is 0. The second-order valence-electron chi connectivity index (χ2n) is 22.1. The Balaban J connectivity index is 1.25. The van der Waals surface area contributed by atoms with Crippen LogP contribution in [0.3, 0.4) is 0 Å². The molecule has 0 bridgehead atoms. The van der Waals surface area contributed by atoms with Gasteiger partial charge < -0.3 is 14.5 Å². The van der Waals surface area contributed by atoms with Crippen LogP contribution in [0.2, 0.25) is 0 Å². The average Bonchev–Trinajstić information content (AvgIpc) is 3.80. The monoisotopic (exact) mass is 823 g/mol. The maximum absolute atomic E-state index is 7.00. The third-order valence-corrected chi connectivity index (χ3v) is 12.8. The molecule has 1 aliphatic rings. The lowest BCUT2D eigenvalue weighted by molar-refractivity contribution is 0.479. The van der Waals surface area contributed by atoms with Crippen LogP contribution in [0.25, 0.3) is 27.6 Å². The van der Waals surface area contributed by atoms with Crippen LogP contribution in [0, 0.1) is 0 Å². The molecule has 5 nitrogen and oxygen atoms in total. The van der Waals surface area contributed by atoms with E-state index in [1.165, 1.54) is 50.0 Å². The van der Waals surface area contributed by atoms with E-state index in [1.54, 1.807) is 0 Å². The molecule has 0 spiro atoms. The third-order valence-electron chi connectivity index (χ3n) is 12.8. The summed E-state index contributed by atoms with van der Waals surface area (Å²) < 4.78 is 9.31. The highest BCUT2D eigenvalue weighted by Gasteiger charge is 2.36. The molecule has 2 aromatic heterocycles. The zero-order chi connectivity index (χ0) is 44.6. The van der Waals surface area contributed by atoms with Gasteiger partial charge >= 0.3 is 0 Å². The van der Waals surface area contributed by atoms with Crippen molar-refractivity contribution in [2.24, 2.45) is 0 Å². The summed E-state index contributed by atoms with van der Waals surface area (Å²) in [6.07, 6.45) is 4.30.